The first-order chi connectivity index (χ1) is 11.3. The van der Waals surface area contributed by atoms with Crippen LogP contribution in [0.3, 0.4) is 0 Å². The second-order valence-corrected chi connectivity index (χ2v) is 6.74. The lowest BCUT2D eigenvalue weighted by Crippen LogP contribution is -2.73. The summed E-state index contributed by atoms with van der Waals surface area (Å²) in [5.41, 5.74) is -0.0951. The van der Waals surface area contributed by atoms with Crippen molar-refractivity contribution in [3.8, 4) is 0 Å². The number of hydrogen-bond acceptors (Lipinski definition) is 4. The van der Waals surface area contributed by atoms with Gasteiger partial charge in [0.15, 0.2) is 0 Å². The van der Waals surface area contributed by atoms with Crippen molar-refractivity contribution in [2.24, 2.45) is 0 Å². The number of ether oxygens (including phenoxy) is 1. The molecule has 2 saturated heterocycles. The highest BCUT2D eigenvalue weighted by molar-refractivity contribution is 6.31. The first-order valence-electron chi connectivity index (χ1n) is 7.65. The first kappa shape index (κ1) is 17.1. The second kappa shape index (κ2) is 6.31. The average molecular weight is 356 g/mol. The summed E-state index contributed by atoms with van der Waals surface area (Å²) in [6, 6.07) is 3.62. The number of rotatable bonds is 2. The van der Waals surface area contributed by atoms with Gasteiger partial charge in [-0.1, -0.05) is 11.6 Å². The molecule has 2 fully saturated rings. The van der Waals surface area contributed by atoms with Gasteiger partial charge in [0, 0.05) is 19.2 Å². The molecule has 1 aromatic rings. The molecule has 2 aliphatic heterocycles. The Morgan fingerprint density at radius 1 is 1.38 bits per heavy atom. The van der Waals surface area contributed by atoms with Crippen LogP contribution < -0.4 is 5.32 Å². The number of amides is 2. The fourth-order valence-electron chi connectivity index (χ4n) is 3.23. The van der Waals surface area contributed by atoms with Crippen molar-refractivity contribution < 1.29 is 18.7 Å². The van der Waals surface area contributed by atoms with E-state index in [0.29, 0.717) is 31.8 Å². The quantitative estimate of drug-likeness (QED) is 0.850. The highest BCUT2D eigenvalue weighted by Crippen LogP contribution is 2.32. The zero-order valence-corrected chi connectivity index (χ0v) is 14.3. The summed E-state index contributed by atoms with van der Waals surface area (Å²) in [6.07, 6.45) is 0. The predicted octanol–water partition coefficient (Wildman–Crippen LogP) is 0.750. The van der Waals surface area contributed by atoms with E-state index >= 15 is 0 Å². The largest absolute Gasteiger partial charge is 0.368 e. The van der Waals surface area contributed by atoms with E-state index < -0.39 is 11.4 Å². The number of halogens is 2. The minimum atomic E-state index is -0.550. The average Bonchev–Trinajstić information content (AvgIpc) is 2.53. The van der Waals surface area contributed by atoms with E-state index in [-0.39, 0.29) is 22.9 Å². The zero-order valence-electron chi connectivity index (χ0n) is 13.5. The molecule has 0 aromatic heterocycles. The van der Waals surface area contributed by atoms with Crippen LogP contribution in [0.25, 0.3) is 0 Å². The van der Waals surface area contributed by atoms with Crippen LogP contribution in [0, 0.1) is 5.82 Å². The smallest absolute Gasteiger partial charge is 0.254 e. The molecule has 3 rings (SSSR count). The molecule has 2 aliphatic rings. The molecule has 0 unspecified atom stereocenters. The molecule has 6 nitrogen and oxygen atoms in total. The van der Waals surface area contributed by atoms with E-state index in [1.165, 1.54) is 18.2 Å². The molecule has 1 spiro atoms. The van der Waals surface area contributed by atoms with Crippen LogP contribution in [0.5, 0.6) is 0 Å². The van der Waals surface area contributed by atoms with Crippen molar-refractivity contribution in [3.05, 3.63) is 34.6 Å². The van der Waals surface area contributed by atoms with E-state index in [9.17, 15) is 14.0 Å². The number of likely N-dealkylation sites (N-methyl/N-ethyl adjacent to an activating group) is 2. The van der Waals surface area contributed by atoms with Crippen LogP contribution in [0.2, 0.25) is 5.02 Å². The van der Waals surface area contributed by atoms with Gasteiger partial charge in [-0.2, -0.15) is 0 Å². The fraction of sp³-hybridized carbons (Fsp3) is 0.500. The molecular formula is C16H19ClFN3O3. The van der Waals surface area contributed by atoms with Gasteiger partial charge in [0.1, 0.15) is 17.5 Å². The predicted molar refractivity (Wildman–Crippen MR) is 86.5 cm³/mol. The first-order valence-corrected chi connectivity index (χ1v) is 8.03. The Bertz CT molecular complexity index is 679. The number of nitrogens with one attached hydrogen (secondary N) is 1. The van der Waals surface area contributed by atoms with Crippen LogP contribution in [-0.2, 0) is 9.53 Å². The van der Waals surface area contributed by atoms with Crippen molar-refractivity contribution in [1.29, 1.82) is 0 Å². The standard InChI is InChI=1S/C16H19ClFN3O3/c1-19-14(22)13-6-24-16(7-20(13)2)8-21(9-16)15(23)10-3-4-12(18)11(17)5-10/h3-5,13H,6-9H2,1-2H3,(H,19,22)/t13-/m0/s1. The third-order valence-electron chi connectivity index (χ3n) is 4.58. The van der Waals surface area contributed by atoms with Gasteiger partial charge in [0.25, 0.3) is 5.91 Å². The summed E-state index contributed by atoms with van der Waals surface area (Å²) in [5, 5.41) is 2.55. The van der Waals surface area contributed by atoms with Crippen LogP contribution in [0.1, 0.15) is 10.4 Å². The van der Waals surface area contributed by atoms with Crippen molar-refractivity contribution in [3.63, 3.8) is 0 Å². The van der Waals surface area contributed by atoms with Gasteiger partial charge in [0.2, 0.25) is 5.91 Å². The Balaban J connectivity index is 1.62. The van der Waals surface area contributed by atoms with Crippen LogP contribution in [0.4, 0.5) is 4.39 Å². The van der Waals surface area contributed by atoms with E-state index in [4.69, 9.17) is 16.3 Å². The van der Waals surface area contributed by atoms with E-state index in [0.717, 1.165) is 0 Å². The minimum Gasteiger partial charge on any atom is -0.368 e. The summed E-state index contributed by atoms with van der Waals surface area (Å²) < 4.78 is 19.1. The third kappa shape index (κ3) is 2.99. The molecule has 0 aliphatic carbocycles. The van der Waals surface area contributed by atoms with Gasteiger partial charge in [-0.25, -0.2) is 4.39 Å². The van der Waals surface area contributed by atoms with Crippen LogP contribution in [-0.4, -0.2) is 73.6 Å². The lowest BCUT2D eigenvalue weighted by atomic mass is 9.90. The van der Waals surface area contributed by atoms with Crippen molar-refractivity contribution in [2.45, 2.75) is 11.6 Å². The monoisotopic (exact) mass is 355 g/mol. The molecule has 0 saturated carbocycles. The lowest BCUT2D eigenvalue weighted by Gasteiger charge is -2.54. The molecule has 1 atom stereocenters. The lowest BCUT2D eigenvalue weighted by molar-refractivity contribution is -0.187. The van der Waals surface area contributed by atoms with Crippen LogP contribution in [0.15, 0.2) is 18.2 Å². The van der Waals surface area contributed by atoms with E-state index in [2.05, 4.69) is 5.32 Å². The number of carbonyl (C=O) groups is 2. The highest BCUT2D eigenvalue weighted by Gasteiger charge is 2.51. The Morgan fingerprint density at radius 3 is 2.67 bits per heavy atom. The summed E-state index contributed by atoms with van der Waals surface area (Å²) in [4.78, 5) is 27.8. The molecule has 24 heavy (non-hydrogen) atoms. The van der Waals surface area contributed by atoms with Crippen molar-refractivity contribution >= 4 is 23.4 Å². The zero-order chi connectivity index (χ0) is 17.5. The molecule has 2 amide bonds. The molecule has 0 bridgehead atoms. The molecule has 0 radical (unpaired) electrons. The highest BCUT2D eigenvalue weighted by atomic mass is 35.5. The van der Waals surface area contributed by atoms with Crippen molar-refractivity contribution in [1.82, 2.24) is 15.1 Å². The summed E-state index contributed by atoms with van der Waals surface area (Å²) in [7, 11) is 3.46. The van der Waals surface area contributed by atoms with Crippen LogP contribution >= 0.6 is 11.6 Å². The Hall–Kier alpha value is -1.70. The van der Waals surface area contributed by atoms with Gasteiger partial charge >= 0.3 is 0 Å². The van der Waals surface area contributed by atoms with Gasteiger partial charge < -0.3 is 15.0 Å². The molecule has 1 aromatic carbocycles. The fourth-order valence-corrected chi connectivity index (χ4v) is 3.41. The number of likely N-dealkylation sites (tertiary alicyclic amines) is 1. The number of hydrogen-bond donors (Lipinski definition) is 1. The number of nitrogens with zero attached hydrogens (tertiary/aromatic N) is 2. The second-order valence-electron chi connectivity index (χ2n) is 6.33. The Morgan fingerprint density at radius 2 is 2.08 bits per heavy atom. The van der Waals surface area contributed by atoms with Gasteiger partial charge in [-0.05, 0) is 25.2 Å². The van der Waals surface area contributed by atoms with Gasteiger partial charge in [0.05, 0.1) is 24.7 Å². The third-order valence-corrected chi connectivity index (χ3v) is 4.87. The summed E-state index contributed by atoms with van der Waals surface area (Å²) in [5.74, 6) is -0.839. The van der Waals surface area contributed by atoms with Gasteiger partial charge in [-0.3, -0.25) is 14.5 Å². The Labute approximate surface area is 144 Å². The molecule has 130 valence electrons. The summed E-state index contributed by atoms with van der Waals surface area (Å²) in [6.45, 7) is 1.73. The molecular weight excluding hydrogens is 337 g/mol. The number of carbonyl (C=O) groups excluding carboxylic acids is 2. The maximum atomic E-state index is 13.2. The van der Waals surface area contributed by atoms with Gasteiger partial charge in [-0.15, -0.1) is 0 Å². The summed E-state index contributed by atoms with van der Waals surface area (Å²) >= 11 is 5.73. The maximum Gasteiger partial charge on any atom is 0.254 e. The minimum absolute atomic E-state index is 0.0712. The normalized spacial score (nSPS) is 23.0. The molecule has 2 heterocycles. The number of morpholine rings is 1. The van der Waals surface area contributed by atoms with E-state index in [1.807, 2.05) is 11.9 Å². The maximum absolute atomic E-state index is 13.2. The Kier molecular flexibility index (Phi) is 4.50. The number of benzene rings is 1. The van der Waals surface area contributed by atoms with E-state index in [1.54, 1.807) is 11.9 Å². The van der Waals surface area contributed by atoms with Crippen molar-refractivity contribution in [2.75, 3.05) is 40.3 Å². The molecule has 8 heteroatoms. The topological polar surface area (TPSA) is 61.9 Å². The molecule has 1 N–H and O–H groups in total. The SMILES string of the molecule is CNC(=O)[C@@H]1COC2(CN(C(=O)c3ccc(F)c(Cl)c3)C2)CN1C.